The van der Waals surface area contributed by atoms with Crippen molar-refractivity contribution in [3.8, 4) is 11.5 Å². The highest BCUT2D eigenvalue weighted by Gasteiger charge is 2.41. The molecule has 2 aliphatic rings. The minimum absolute atomic E-state index is 0.252. The summed E-state index contributed by atoms with van der Waals surface area (Å²) in [5, 5.41) is 9.31. The van der Waals surface area contributed by atoms with Crippen LogP contribution in [0.25, 0.3) is 5.70 Å². The Morgan fingerprint density at radius 1 is 0.939 bits per heavy atom. The van der Waals surface area contributed by atoms with Crippen molar-refractivity contribution in [2.75, 3.05) is 12.4 Å². The van der Waals surface area contributed by atoms with Crippen LogP contribution in [0.1, 0.15) is 28.8 Å². The molecule has 0 aliphatic carbocycles. The summed E-state index contributed by atoms with van der Waals surface area (Å²) in [6, 6.07) is 21.1. The lowest BCUT2D eigenvalue weighted by molar-refractivity contribution is 0.223. The van der Waals surface area contributed by atoms with E-state index in [4.69, 9.17) is 32.7 Å². The molecular formula is C25H18Cl2N4O2. The zero-order valence-corrected chi connectivity index (χ0v) is 19.0. The molecule has 6 nitrogen and oxygen atoms in total. The molecule has 2 atom stereocenters. The fraction of sp³-hybridized carbons (Fsp3) is 0.120. The van der Waals surface area contributed by atoms with Gasteiger partial charge in [-0.3, -0.25) is 0 Å². The highest BCUT2D eigenvalue weighted by molar-refractivity contribution is 6.31. The molecule has 1 N–H and O–H groups in total. The molecule has 0 saturated heterocycles. The molecule has 8 heteroatoms. The van der Waals surface area contributed by atoms with Crippen molar-refractivity contribution < 1.29 is 9.47 Å². The number of fused-ring (bicyclic) bond motifs is 3. The monoisotopic (exact) mass is 476 g/mol. The predicted octanol–water partition coefficient (Wildman–Crippen LogP) is 6.15. The van der Waals surface area contributed by atoms with Gasteiger partial charge in [-0.2, -0.15) is 10.1 Å². The molecule has 6 rings (SSSR count). The number of benzene rings is 3. The van der Waals surface area contributed by atoms with E-state index in [1.807, 2.05) is 71.4 Å². The molecule has 0 unspecified atom stereocenters. The quantitative estimate of drug-likeness (QED) is 0.383. The second kappa shape index (κ2) is 7.83. The molecule has 1 aromatic heterocycles. The Kier molecular flexibility index (Phi) is 4.78. The molecule has 0 fully saturated rings. The number of anilines is 1. The van der Waals surface area contributed by atoms with Crippen LogP contribution in [0, 0.1) is 0 Å². The Labute approximate surface area is 200 Å². The van der Waals surface area contributed by atoms with Crippen molar-refractivity contribution in [2.24, 2.45) is 0 Å². The fourth-order valence-corrected chi connectivity index (χ4v) is 4.76. The molecule has 2 aliphatic heterocycles. The first kappa shape index (κ1) is 20.1. The van der Waals surface area contributed by atoms with Crippen molar-refractivity contribution in [3.05, 3.63) is 105 Å². The summed E-state index contributed by atoms with van der Waals surface area (Å²) in [4.78, 5) is 4.45. The summed E-state index contributed by atoms with van der Waals surface area (Å²) in [7, 11) is 1.65. The van der Waals surface area contributed by atoms with Crippen LogP contribution in [0.4, 0.5) is 5.95 Å². The van der Waals surface area contributed by atoms with E-state index in [0.29, 0.717) is 16.0 Å². The van der Waals surface area contributed by atoms with E-state index < -0.39 is 0 Å². The van der Waals surface area contributed by atoms with E-state index in [2.05, 4.69) is 15.4 Å². The zero-order chi connectivity index (χ0) is 22.5. The Hall–Kier alpha value is -3.48. The maximum Gasteiger partial charge on any atom is 0.226 e. The lowest BCUT2D eigenvalue weighted by Gasteiger charge is -2.39. The zero-order valence-electron chi connectivity index (χ0n) is 17.5. The van der Waals surface area contributed by atoms with Crippen LogP contribution in [-0.2, 0) is 0 Å². The second-order valence-electron chi connectivity index (χ2n) is 7.85. The Bertz CT molecular complexity index is 1380. The van der Waals surface area contributed by atoms with Gasteiger partial charge in [0.25, 0.3) is 0 Å². The predicted molar refractivity (Wildman–Crippen MR) is 128 cm³/mol. The standard InChI is InChI=1S/C25H18Cl2N4O2/c1-32-18-9-4-14(5-10-18)23-21-22(30-25-28-13-29-31(23)25)19-12-17(27)8-11-20(19)33-24(21)15-2-6-16(26)7-3-15/h2-13,23-24H,1H3,(H,28,29,30)/t23-,24+/m0/s1. The minimum atomic E-state index is -0.372. The highest BCUT2D eigenvalue weighted by atomic mass is 35.5. The van der Waals surface area contributed by atoms with Crippen LogP contribution < -0.4 is 14.8 Å². The summed E-state index contributed by atoms with van der Waals surface area (Å²) in [5.41, 5.74) is 4.83. The molecule has 3 aromatic carbocycles. The van der Waals surface area contributed by atoms with E-state index in [1.54, 1.807) is 13.4 Å². The largest absolute Gasteiger partial charge is 0.497 e. The number of ether oxygens (including phenoxy) is 2. The summed E-state index contributed by atoms with van der Waals surface area (Å²) in [6.07, 6.45) is 1.18. The van der Waals surface area contributed by atoms with Crippen LogP contribution >= 0.6 is 23.2 Å². The van der Waals surface area contributed by atoms with Gasteiger partial charge < -0.3 is 14.8 Å². The third-order valence-electron chi connectivity index (χ3n) is 5.98. The van der Waals surface area contributed by atoms with Gasteiger partial charge in [-0.05, 0) is 53.6 Å². The summed E-state index contributed by atoms with van der Waals surface area (Å²) >= 11 is 12.6. The number of nitrogens with one attached hydrogen (secondary N) is 1. The smallest absolute Gasteiger partial charge is 0.226 e. The molecule has 0 bridgehead atoms. The molecule has 3 heterocycles. The maximum atomic E-state index is 6.58. The molecule has 0 amide bonds. The normalized spacial score (nSPS) is 18.5. The molecule has 4 aromatic rings. The van der Waals surface area contributed by atoms with E-state index in [9.17, 15) is 0 Å². The third kappa shape index (κ3) is 3.34. The highest BCUT2D eigenvalue weighted by Crippen LogP contribution is 2.51. The summed E-state index contributed by atoms with van der Waals surface area (Å²) < 4.78 is 13.8. The molecular weight excluding hydrogens is 459 g/mol. The molecule has 33 heavy (non-hydrogen) atoms. The number of hydrogen-bond acceptors (Lipinski definition) is 5. The van der Waals surface area contributed by atoms with Gasteiger partial charge >= 0.3 is 0 Å². The number of rotatable bonds is 3. The van der Waals surface area contributed by atoms with Crippen molar-refractivity contribution in [1.29, 1.82) is 0 Å². The molecule has 0 spiro atoms. The minimum Gasteiger partial charge on any atom is -0.497 e. The van der Waals surface area contributed by atoms with Crippen LogP contribution in [-0.4, -0.2) is 21.9 Å². The Balaban J connectivity index is 1.61. The fourth-order valence-electron chi connectivity index (χ4n) is 4.46. The van der Waals surface area contributed by atoms with Crippen LogP contribution in [0.5, 0.6) is 11.5 Å². The van der Waals surface area contributed by atoms with E-state index >= 15 is 0 Å². The van der Waals surface area contributed by atoms with Gasteiger partial charge in [0.2, 0.25) is 5.95 Å². The van der Waals surface area contributed by atoms with Gasteiger partial charge in [0, 0.05) is 21.2 Å². The average Bonchev–Trinajstić information content (AvgIpc) is 3.31. The van der Waals surface area contributed by atoms with Crippen molar-refractivity contribution in [3.63, 3.8) is 0 Å². The SMILES string of the molecule is COc1ccc([C@H]2C3=C(Nc4ncnn42)c2cc(Cl)ccc2O[C@@H]3c2ccc(Cl)cc2)cc1. The lowest BCUT2D eigenvalue weighted by atomic mass is 9.84. The number of methoxy groups -OCH3 is 1. The van der Waals surface area contributed by atoms with Crippen molar-refractivity contribution in [1.82, 2.24) is 14.8 Å². The molecule has 0 saturated carbocycles. The van der Waals surface area contributed by atoms with E-state index in [-0.39, 0.29) is 12.1 Å². The van der Waals surface area contributed by atoms with Gasteiger partial charge in [-0.1, -0.05) is 47.5 Å². The van der Waals surface area contributed by atoms with Gasteiger partial charge in [0.05, 0.1) is 12.8 Å². The van der Waals surface area contributed by atoms with Gasteiger partial charge in [0.15, 0.2) is 0 Å². The number of hydrogen-bond donors (Lipinski definition) is 1. The Morgan fingerprint density at radius 3 is 2.42 bits per heavy atom. The third-order valence-corrected chi connectivity index (χ3v) is 6.47. The van der Waals surface area contributed by atoms with E-state index in [1.165, 1.54) is 0 Å². The van der Waals surface area contributed by atoms with Gasteiger partial charge in [-0.25, -0.2) is 4.68 Å². The molecule has 164 valence electrons. The first-order valence-electron chi connectivity index (χ1n) is 10.4. The first-order chi connectivity index (χ1) is 16.1. The van der Waals surface area contributed by atoms with E-state index in [0.717, 1.165) is 39.5 Å². The van der Waals surface area contributed by atoms with Crippen LogP contribution in [0.2, 0.25) is 10.0 Å². The number of aromatic nitrogens is 3. The summed E-state index contributed by atoms with van der Waals surface area (Å²) in [5.74, 6) is 2.18. The first-order valence-corrected chi connectivity index (χ1v) is 11.1. The van der Waals surface area contributed by atoms with Crippen molar-refractivity contribution >= 4 is 34.8 Å². The van der Waals surface area contributed by atoms with Gasteiger partial charge in [0.1, 0.15) is 30.0 Å². The topological polar surface area (TPSA) is 61.2 Å². The maximum absolute atomic E-state index is 6.58. The summed E-state index contributed by atoms with van der Waals surface area (Å²) in [6.45, 7) is 0. The van der Waals surface area contributed by atoms with Crippen molar-refractivity contribution in [2.45, 2.75) is 12.1 Å². The second-order valence-corrected chi connectivity index (χ2v) is 8.72. The molecule has 0 radical (unpaired) electrons. The lowest BCUT2D eigenvalue weighted by Crippen LogP contribution is -2.32. The average molecular weight is 477 g/mol. The number of halogens is 2. The Morgan fingerprint density at radius 2 is 1.67 bits per heavy atom. The van der Waals surface area contributed by atoms with Crippen LogP contribution in [0.3, 0.4) is 0 Å². The van der Waals surface area contributed by atoms with Gasteiger partial charge in [-0.15, -0.1) is 0 Å². The number of nitrogens with zero attached hydrogens (tertiary/aromatic N) is 3. The van der Waals surface area contributed by atoms with Crippen LogP contribution in [0.15, 0.2) is 78.6 Å².